The minimum Gasteiger partial charge on any atom is -0.396 e. The zero-order valence-electron chi connectivity index (χ0n) is 9.33. The molecule has 0 bridgehead atoms. The Morgan fingerprint density at radius 3 is 3.00 bits per heavy atom. The van der Waals surface area contributed by atoms with Gasteiger partial charge in [-0.2, -0.15) is 0 Å². The van der Waals surface area contributed by atoms with Crippen LogP contribution < -0.4 is 5.32 Å². The molecular weight excluding hydrogens is 218 g/mol. The average molecular weight is 235 g/mol. The van der Waals surface area contributed by atoms with Crippen LogP contribution in [-0.2, 0) is 6.42 Å². The van der Waals surface area contributed by atoms with Crippen LogP contribution in [-0.4, -0.2) is 24.0 Å². The van der Waals surface area contributed by atoms with E-state index in [2.05, 4.69) is 23.5 Å². The van der Waals surface area contributed by atoms with Crippen LogP contribution >= 0.6 is 11.8 Å². The molecule has 0 amide bonds. The molecule has 0 aromatic heterocycles. The first kappa shape index (κ1) is 10.5. The van der Waals surface area contributed by atoms with E-state index < -0.39 is 0 Å². The van der Waals surface area contributed by atoms with Gasteiger partial charge in [0, 0.05) is 29.5 Å². The number of fused-ring (bicyclic) bond motifs is 1. The van der Waals surface area contributed by atoms with Crippen molar-refractivity contribution in [2.75, 3.05) is 24.2 Å². The van der Waals surface area contributed by atoms with E-state index in [0.29, 0.717) is 6.61 Å². The molecule has 3 rings (SSSR count). The number of benzene rings is 1. The van der Waals surface area contributed by atoms with Gasteiger partial charge in [-0.15, -0.1) is 11.8 Å². The Bertz CT molecular complexity index is 401. The van der Waals surface area contributed by atoms with Gasteiger partial charge in [-0.1, -0.05) is 6.07 Å². The van der Waals surface area contributed by atoms with Crippen LogP contribution in [0.1, 0.15) is 18.4 Å². The maximum Gasteiger partial charge on any atom is 0.0490 e. The van der Waals surface area contributed by atoms with E-state index in [1.165, 1.54) is 29.0 Å². The van der Waals surface area contributed by atoms with Gasteiger partial charge in [0.1, 0.15) is 0 Å². The van der Waals surface area contributed by atoms with Crippen LogP contribution in [0.2, 0.25) is 0 Å². The van der Waals surface area contributed by atoms with Crippen LogP contribution in [0.4, 0.5) is 5.69 Å². The molecule has 0 saturated heterocycles. The van der Waals surface area contributed by atoms with E-state index in [-0.39, 0.29) is 5.41 Å². The van der Waals surface area contributed by atoms with Crippen molar-refractivity contribution < 1.29 is 5.11 Å². The molecule has 2 N–H and O–H groups in total. The normalized spacial score (nSPS) is 21.1. The lowest BCUT2D eigenvalue weighted by molar-refractivity contribution is 0.211. The molecule has 3 heteroatoms. The minimum atomic E-state index is 0.223. The summed E-state index contributed by atoms with van der Waals surface area (Å²) >= 11 is 1.93. The Labute approximate surface area is 100 Å². The summed E-state index contributed by atoms with van der Waals surface area (Å²) < 4.78 is 0. The Hall–Kier alpha value is -0.670. The molecule has 0 spiro atoms. The maximum absolute atomic E-state index is 9.34. The molecule has 1 heterocycles. The lowest BCUT2D eigenvalue weighted by Gasteiger charge is -2.19. The molecule has 1 aromatic rings. The topological polar surface area (TPSA) is 32.3 Å². The first-order valence-corrected chi connectivity index (χ1v) is 6.90. The number of hydrogen-bond acceptors (Lipinski definition) is 3. The third kappa shape index (κ3) is 1.94. The summed E-state index contributed by atoms with van der Waals surface area (Å²) in [7, 11) is 0. The second-order valence-electron chi connectivity index (χ2n) is 4.94. The molecule has 2 nitrogen and oxygen atoms in total. The maximum atomic E-state index is 9.34. The van der Waals surface area contributed by atoms with Crippen LogP contribution in [0.15, 0.2) is 23.1 Å². The van der Waals surface area contributed by atoms with Gasteiger partial charge in [-0.05, 0) is 42.4 Å². The molecule has 16 heavy (non-hydrogen) atoms. The number of anilines is 1. The summed E-state index contributed by atoms with van der Waals surface area (Å²) in [6.45, 7) is 1.41. The molecule has 1 saturated carbocycles. The van der Waals surface area contributed by atoms with Gasteiger partial charge in [0.15, 0.2) is 0 Å². The molecule has 2 aliphatic rings. The summed E-state index contributed by atoms with van der Waals surface area (Å²) in [6, 6.07) is 6.68. The monoisotopic (exact) mass is 235 g/mol. The quantitative estimate of drug-likeness (QED) is 0.844. The van der Waals surface area contributed by atoms with E-state index in [1.54, 1.807) is 0 Å². The van der Waals surface area contributed by atoms with Crippen LogP contribution in [0.5, 0.6) is 0 Å². The van der Waals surface area contributed by atoms with Crippen molar-refractivity contribution in [3.63, 3.8) is 0 Å². The molecule has 86 valence electrons. The third-order valence-corrected chi connectivity index (χ3v) is 4.65. The van der Waals surface area contributed by atoms with Crippen LogP contribution in [0.3, 0.4) is 0 Å². The summed E-state index contributed by atoms with van der Waals surface area (Å²) in [5.74, 6) is 1.15. The van der Waals surface area contributed by atoms with Crippen molar-refractivity contribution in [3.8, 4) is 0 Å². The minimum absolute atomic E-state index is 0.223. The van der Waals surface area contributed by atoms with Gasteiger partial charge in [0.05, 0.1) is 0 Å². The van der Waals surface area contributed by atoms with Crippen molar-refractivity contribution in [2.45, 2.75) is 24.2 Å². The summed E-state index contributed by atoms with van der Waals surface area (Å²) in [5.41, 5.74) is 2.87. The number of thioether (sulfide) groups is 1. The van der Waals surface area contributed by atoms with Crippen LogP contribution in [0, 0.1) is 5.41 Å². The van der Waals surface area contributed by atoms with Gasteiger partial charge in [0.2, 0.25) is 0 Å². The highest BCUT2D eigenvalue weighted by Gasteiger charge is 2.41. The number of nitrogens with one attached hydrogen (secondary N) is 1. The van der Waals surface area contributed by atoms with Crippen LogP contribution in [0.25, 0.3) is 0 Å². The largest absolute Gasteiger partial charge is 0.396 e. The van der Waals surface area contributed by atoms with Crippen molar-refractivity contribution in [3.05, 3.63) is 23.8 Å². The lowest BCUT2D eigenvalue weighted by Crippen LogP contribution is -2.12. The zero-order valence-corrected chi connectivity index (χ0v) is 10.1. The molecule has 1 aliphatic heterocycles. The number of rotatable bonds is 3. The Kier molecular flexibility index (Phi) is 2.60. The fraction of sp³-hybridized carbons (Fsp3) is 0.538. The third-order valence-electron chi connectivity index (χ3n) is 3.59. The summed E-state index contributed by atoms with van der Waals surface area (Å²) in [4.78, 5) is 1.37. The fourth-order valence-corrected chi connectivity index (χ4v) is 3.24. The highest BCUT2D eigenvalue weighted by molar-refractivity contribution is 7.99. The van der Waals surface area contributed by atoms with E-state index >= 15 is 0 Å². The first-order chi connectivity index (χ1) is 7.81. The second-order valence-corrected chi connectivity index (χ2v) is 6.08. The van der Waals surface area contributed by atoms with Gasteiger partial charge < -0.3 is 10.4 Å². The van der Waals surface area contributed by atoms with Crippen molar-refractivity contribution in [1.82, 2.24) is 0 Å². The predicted octanol–water partition coefficient (Wildman–Crippen LogP) is 2.52. The second kappa shape index (κ2) is 3.97. The van der Waals surface area contributed by atoms with Gasteiger partial charge in [-0.25, -0.2) is 0 Å². The van der Waals surface area contributed by atoms with Crippen molar-refractivity contribution in [1.29, 1.82) is 0 Å². The number of aliphatic hydroxyl groups is 1. The van der Waals surface area contributed by atoms with E-state index in [0.717, 1.165) is 18.7 Å². The van der Waals surface area contributed by atoms with Gasteiger partial charge in [-0.3, -0.25) is 0 Å². The van der Waals surface area contributed by atoms with E-state index in [4.69, 9.17) is 0 Å². The summed E-state index contributed by atoms with van der Waals surface area (Å²) in [5, 5.41) is 12.8. The van der Waals surface area contributed by atoms with Crippen molar-refractivity contribution in [2.24, 2.45) is 5.41 Å². The number of hydrogen-bond donors (Lipinski definition) is 2. The average Bonchev–Trinajstić information content (AvgIpc) is 3.09. The highest BCUT2D eigenvalue weighted by Crippen LogP contribution is 2.48. The molecule has 0 unspecified atom stereocenters. The summed E-state index contributed by atoms with van der Waals surface area (Å²) in [6.07, 6.45) is 3.41. The Morgan fingerprint density at radius 1 is 1.38 bits per heavy atom. The van der Waals surface area contributed by atoms with Gasteiger partial charge in [0.25, 0.3) is 0 Å². The standard InChI is InChI=1S/C13H17NOS/c15-9-13(3-4-13)8-10-1-2-11-12(7-10)16-6-5-14-11/h1-2,7,14-15H,3-6,8-9H2. The predicted molar refractivity (Wildman–Crippen MR) is 68.1 cm³/mol. The smallest absolute Gasteiger partial charge is 0.0490 e. The fourth-order valence-electron chi connectivity index (χ4n) is 2.29. The number of aliphatic hydroxyl groups excluding tert-OH is 1. The Morgan fingerprint density at radius 2 is 2.25 bits per heavy atom. The highest BCUT2D eigenvalue weighted by atomic mass is 32.2. The molecule has 0 atom stereocenters. The van der Waals surface area contributed by atoms with Gasteiger partial charge >= 0.3 is 0 Å². The molecule has 1 fully saturated rings. The first-order valence-electron chi connectivity index (χ1n) is 5.92. The molecule has 1 aromatic carbocycles. The van der Waals surface area contributed by atoms with Crippen molar-refractivity contribution >= 4 is 17.4 Å². The lowest BCUT2D eigenvalue weighted by atomic mass is 9.97. The SMILES string of the molecule is OCC1(Cc2ccc3c(c2)SCCN3)CC1. The Balaban J connectivity index is 1.80. The molecular formula is C13H17NOS. The molecule has 1 aliphatic carbocycles. The van der Waals surface area contributed by atoms with E-state index in [9.17, 15) is 5.11 Å². The molecule has 0 radical (unpaired) electrons. The van der Waals surface area contributed by atoms with E-state index in [1.807, 2.05) is 11.8 Å². The zero-order chi connectivity index (χ0) is 11.0.